The Morgan fingerprint density at radius 1 is 1.67 bits per heavy atom. The third-order valence-corrected chi connectivity index (χ3v) is 0.790. The minimum atomic E-state index is -0.412. The smallest absolute Gasteiger partial charge is 0.315 e. The second-order valence-corrected chi connectivity index (χ2v) is 1.65. The van der Waals surface area contributed by atoms with Crippen LogP contribution in [0, 0.1) is 0 Å². The predicted molar refractivity (Wildman–Crippen MR) is 33.1 cm³/mol. The molecule has 0 aromatic rings. The van der Waals surface area contributed by atoms with Gasteiger partial charge in [0.05, 0.1) is 6.04 Å². The van der Waals surface area contributed by atoms with Gasteiger partial charge in [-0.15, -0.1) is 0 Å². The lowest BCUT2D eigenvalue weighted by Crippen LogP contribution is -2.39. The number of urea groups is 1. The van der Waals surface area contributed by atoms with Crippen LogP contribution in [0.15, 0.2) is 0 Å². The number of hydrogen-bond donors (Lipinski definition) is 2. The van der Waals surface area contributed by atoms with Crippen LogP contribution >= 0.6 is 0 Å². The number of rotatable bonds is 2. The standard InChI is InChI=1S/C5H10N2O2/c1-4(3-8)7-5(9)6-2/h3-4H,1-2H3,(H2,6,7,9). The van der Waals surface area contributed by atoms with Crippen LogP contribution in [-0.4, -0.2) is 25.4 Å². The van der Waals surface area contributed by atoms with Gasteiger partial charge in [0.1, 0.15) is 6.29 Å². The van der Waals surface area contributed by atoms with Crippen molar-refractivity contribution in [2.75, 3.05) is 7.05 Å². The van der Waals surface area contributed by atoms with Crippen LogP contribution in [0.4, 0.5) is 4.79 Å². The Hall–Kier alpha value is -1.06. The molecule has 4 heteroatoms. The van der Waals surface area contributed by atoms with Crippen molar-refractivity contribution < 1.29 is 9.59 Å². The quantitative estimate of drug-likeness (QED) is 0.495. The van der Waals surface area contributed by atoms with Crippen LogP contribution < -0.4 is 10.6 Å². The first-order valence-corrected chi connectivity index (χ1v) is 2.64. The van der Waals surface area contributed by atoms with Crippen molar-refractivity contribution >= 4 is 12.3 Å². The first kappa shape index (κ1) is 7.94. The van der Waals surface area contributed by atoms with E-state index in [1.807, 2.05) is 0 Å². The van der Waals surface area contributed by atoms with Gasteiger partial charge >= 0.3 is 6.03 Å². The summed E-state index contributed by atoms with van der Waals surface area (Å²) in [5, 5.41) is 4.68. The van der Waals surface area contributed by atoms with Gasteiger partial charge in [-0.05, 0) is 6.92 Å². The number of carbonyl (C=O) groups is 2. The molecule has 1 unspecified atom stereocenters. The van der Waals surface area contributed by atoms with Gasteiger partial charge in [0.15, 0.2) is 0 Å². The molecule has 0 aliphatic heterocycles. The van der Waals surface area contributed by atoms with Gasteiger partial charge in [0.25, 0.3) is 0 Å². The highest BCUT2D eigenvalue weighted by Crippen LogP contribution is 1.71. The lowest BCUT2D eigenvalue weighted by Gasteiger charge is -2.04. The van der Waals surface area contributed by atoms with Crippen LogP contribution in [0.25, 0.3) is 0 Å². The molecule has 0 saturated carbocycles. The van der Waals surface area contributed by atoms with Crippen LogP contribution in [0.2, 0.25) is 0 Å². The molecule has 0 fully saturated rings. The van der Waals surface area contributed by atoms with Gasteiger partial charge in [-0.2, -0.15) is 0 Å². The van der Waals surface area contributed by atoms with Crippen molar-refractivity contribution in [3.63, 3.8) is 0 Å². The number of amides is 2. The molecule has 0 radical (unpaired) electrons. The Balaban J connectivity index is 3.46. The summed E-state index contributed by atoms with van der Waals surface area (Å²) in [6.45, 7) is 1.60. The normalized spacial score (nSPS) is 11.8. The molecule has 1 atom stereocenters. The topological polar surface area (TPSA) is 58.2 Å². The molecule has 2 N–H and O–H groups in total. The van der Waals surface area contributed by atoms with Gasteiger partial charge in [-0.25, -0.2) is 4.79 Å². The molecular formula is C5H10N2O2. The zero-order valence-corrected chi connectivity index (χ0v) is 5.47. The van der Waals surface area contributed by atoms with Gasteiger partial charge in [-0.3, -0.25) is 0 Å². The van der Waals surface area contributed by atoms with Crippen LogP contribution in [0.1, 0.15) is 6.92 Å². The average molecular weight is 130 g/mol. The van der Waals surface area contributed by atoms with Gasteiger partial charge in [0.2, 0.25) is 0 Å². The van der Waals surface area contributed by atoms with E-state index in [-0.39, 0.29) is 6.03 Å². The maximum atomic E-state index is 10.4. The number of carbonyl (C=O) groups excluding carboxylic acids is 2. The Bertz CT molecular complexity index is 114. The van der Waals surface area contributed by atoms with E-state index in [0.717, 1.165) is 0 Å². The Kier molecular flexibility index (Phi) is 3.43. The highest BCUT2D eigenvalue weighted by molar-refractivity contribution is 5.77. The summed E-state index contributed by atoms with van der Waals surface area (Å²) >= 11 is 0. The Morgan fingerprint density at radius 2 is 2.22 bits per heavy atom. The Morgan fingerprint density at radius 3 is 2.56 bits per heavy atom. The van der Waals surface area contributed by atoms with Crippen molar-refractivity contribution in [2.24, 2.45) is 0 Å². The molecule has 0 aliphatic carbocycles. The van der Waals surface area contributed by atoms with Gasteiger partial charge in [0, 0.05) is 7.05 Å². The zero-order chi connectivity index (χ0) is 7.28. The van der Waals surface area contributed by atoms with E-state index >= 15 is 0 Å². The minimum absolute atomic E-state index is 0.338. The van der Waals surface area contributed by atoms with Crippen LogP contribution in [0.5, 0.6) is 0 Å². The average Bonchev–Trinajstić information content (AvgIpc) is 1.87. The molecule has 0 spiro atoms. The van der Waals surface area contributed by atoms with Crippen molar-refractivity contribution in [3.05, 3.63) is 0 Å². The third kappa shape index (κ3) is 3.52. The highest BCUT2D eigenvalue weighted by atomic mass is 16.2. The summed E-state index contributed by atoms with van der Waals surface area (Å²) < 4.78 is 0. The fourth-order valence-electron chi connectivity index (χ4n) is 0.313. The van der Waals surface area contributed by atoms with Crippen molar-refractivity contribution in [1.29, 1.82) is 0 Å². The number of aldehydes is 1. The molecule has 0 heterocycles. The van der Waals surface area contributed by atoms with E-state index in [9.17, 15) is 9.59 Å². The predicted octanol–water partition coefficient (Wildman–Crippen LogP) is -0.497. The van der Waals surface area contributed by atoms with E-state index in [1.54, 1.807) is 6.92 Å². The van der Waals surface area contributed by atoms with E-state index in [2.05, 4.69) is 10.6 Å². The van der Waals surface area contributed by atoms with Crippen LogP contribution in [0.3, 0.4) is 0 Å². The first-order chi connectivity index (χ1) is 4.20. The molecule has 9 heavy (non-hydrogen) atoms. The molecule has 4 nitrogen and oxygen atoms in total. The monoisotopic (exact) mass is 130 g/mol. The molecule has 0 aromatic heterocycles. The molecule has 52 valence electrons. The third-order valence-electron chi connectivity index (χ3n) is 0.790. The fourth-order valence-corrected chi connectivity index (χ4v) is 0.313. The summed E-state index contributed by atoms with van der Waals surface area (Å²) in [4.78, 5) is 20.3. The summed E-state index contributed by atoms with van der Waals surface area (Å²) in [5.74, 6) is 0. The Labute approximate surface area is 53.6 Å². The molecular weight excluding hydrogens is 120 g/mol. The van der Waals surface area contributed by atoms with Crippen molar-refractivity contribution in [2.45, 2.75) is 13.0 Å². The molecule has 0 aromatic carbocycles. The SMILES string of the molecule is CNC(=O)NC(C)C=O. The summed E-state index contributed by atoms with van der Waals surface area (Å²) in [5.41, 5.74) is 0. The highest BCUT2D eigenvalue weighted by Gasteiger charge is 2.00. The molecule has 0 rings (SSSR count). The van der Waals surface area contributed by atoms with E-state index in [0.29, 0.717) is 6.29 Å². The lowest BCUT2D eigenvalue weighted by atomic mass is 10.4. The molecule has 2 amide bonds. The lowest BCUT2D eigenvalue weighted by molar-refractivity contribution is -0.109. The first-order valence-electron chi connectivity index (χ1n) is 2.64. The van der Waals surface area contributed by atoms with E-state index in [1.165, 1.54) is 7.05 Å². The molecule has 0 aliphatic rings. The minimum Gasteiger partial charge on any atom is -0.341 e. The number of nitrogens with one attached hydrogen (secondary N) is 2. The maximum Gasteiger partial charge on any atom is 0.315 e. The summed E-state index contributed by atoms with van der Waals surface area (Å²) in [6, 6.07) is -0.750. The molecule has 0 saturated heterocycles. The van der Waals surface area contributed by atoms with Crippen molar-refractivity contribution in [1.82, 2.24) is 10.6 Å². The maximum absolute atomic E-state index is 10.4. The van der Waals surface area contributed by atoms with Gasteiger partial charge in [-0.1, -0.05) is 0 Å². The second kappa shape index (κ2) is 3.88. The second-order valence-electron chi connectivity index (χ2n) is 1.65. The summed E-state index contributed by atoms with van der Waals surface area (Å²) in [6.07, 6.45) is 0.662. The van der Waals surface area contributed by atoms with Gasteiger partial charge < -0.3 is 15.4 Å². The van der Waals surface area contributed by atoms with Crippen LogP contribution in [-0.2, 0) is 4.79 Å². The zero-order valence-electron chi connectivity index (χ0n) is 5.47. The number of hydrogen-bond acceptors (Lipinski definition) is 2. The van der Waals surface area contributed by atoms with E-state index in [4.69, 9.17) is 0 Å². The fraction of sp³-hybridized carbons (Fsp3) is 0.600. The van der Waals surface area contributed by atoms with Crippen molar-refractivity contribution in [3.8, 4) is 0 Å². The summed E-state index contributed by atoms with van der Waals surface area (Å²) in [7, 11) is 1.49. The largest absolute Gasteiger partial charge is 0.341 e. The molecule has 0 bridgehead atoms. The van der Waals surface area contributed by atoms with E-state index < -0.39 is 6.04 Å².